The van der Waals surface area contributed by atoms with Crippen molar-refractivity contribution in [2.45, 2.75) is 17.2 Å². The first-order chi connectivity index (χ1) is 9.06. The van der Waals surface area contributed by atoms with Crippen molar-refractivity contribution in [3.8, 4) is 12.0 Å². The lowest BCUT2D eigenvalue weighted by Crippen LogP contribution is -2.43. The Morgan fingerprint density at radius 3 is 2.80 bits per heavy atom. The Kier molecular flexibility index (Phi) is 3.52. The molecule has 0 aromatic rings. The van der Waals surface area contributed by atoms with Gasteiger partial charge in [0.2, 0.25) is 0 Å². The Bertz CT molecular complexity index is 702. The maximum Gasteiger partial charge on any atom is 0.380 e. The van der Waals surface area contributed by atoms with Crippen LogP contribution in [0.4, 0.5) is 4.39 Å². The van der Waals surface area contributed by atoms with E-state index in [-0.39, 0.29) is 6.54 Å². The second-order valence-electron chi connectivity index (χ2n) is 4.22. The van der Waals surface area contributed by atoms with Gasteiger partial charge >= 0.3 is 22.5 Å². The van der Waals surface area contributed by atoms with Crippen molar-refractivity contribution in [1.82, 2.24) is 4.90 Å². The zero-order chi connectivity index (χ0) is 15.2. The van der Waals surface area contributed by atoms with Crippen LogP contribution in [0.1, 0.15) is 6.42 Å². The van der Waals surface area contributed by atoms with Crippen LogP contribution in [0.5, 0.6) is 0 Å². The smallest absolute Gasteiger partial charge is 0.321 e. The van der Waals surface area contributed by atoms with E-state index < -0.39 is 34.9 Å². The van der Waals surface area contributed by atoms with Gasteiger partial charge in [-0.25, -0.2) is 4.39 Å². The van der Waals surface area contributed by atoms with Gasteiger partial charge in [0.1, 0.15) is 5.84 Å². The van der Waals surface area contributed by atoms with Crippen molar-refractivity contribution in [3.05, 3.63) is 12.2 Å². The van der Waals surface area contributed by atoms with Crippen LogP contribution in [-0.4, -0.2) is 50.8 Å². The van der Waals surface area contributed by atoms with Crippen LogP contribution in [0, 0.1) is 12.0 Å². The first kappa shape index (κ1) is 15.2. The third kappa shape index (κ3) is 2.39. The number of allylic oxidation sites excluding steroid dienone is 1. The molecule has 0 aromatic heterocycles. The number of fused-ring (bicyclic) bond motifs is 1. The summed E-state index contributed by atoms with van der Waals surface area (Å²) in [7, 11) is -11.4. The van der Waals surface area contributed by atoms with E-state index >= 15 is 0 Å². The van der Waals surface area contributed by atoms with E-state index in [2.05, 4.69) is 17.0 Å². The van der Waals surface area contributed by atoms with E-state index in [1.54, 1.807) is 0 Å². The quantitative estimate of drug-likeness (QED) is 0.367. The molecule has 2 aliphatic rings. The second-order valence-corrected chi connectivity index (χ2v) is 7.92. The van der Waals surface area contributed by atoms with E-state index in [0.29, 0.717) is 5.84 Å². The molecule has 2 atom stereocenters. The van der Waals surface area contributed by atoms with Crippen LogP contribution >= 0.6 is 7.60 Å². The fourth-order valence-electron chi connectivity index (χ4n) is 1.87. The van der Waals surface area contributed by atoms with Gasteiger partial charge in [0.15, 0.2) is 0 Å². The molecule has 2 aliphatic heterocycles. The fourth-order valence-corrected chi connectivity index (χ4v) is 3.92. The van der Waals surface area contributed by atoms with Crippen LogP contribution in [0.2, 0.25) is 0 Å². The van der Waals surface area contributed by atoms with Gasteiger partial charge in [0.05, 0.1) is 12.6 Å². The SMILES string of the molecule is O=P(O)(O)C(F)(C[C@H]1CN=C2C=CC#CN21)S(=O)(=O)O. The summed E-state index contributed by atoms with van der Waals surface area (Å²) in [6.07, 6.45) is 1.83. The number of alkyl halides is 1. The zero-order valence-corrected chi connectivity index (χ0v) is 11.6. The molecule has 2 rings (SSSR count). The van der Waals surface area contributed by atoms with E-state index in [0.717, 1.165) is 0 Å². The van der Waals surface area contributed by atoms with E-state index in [1.807, 2.05) is 0 Å². The van der Waals surface area contributed by atoms with Crippen LogP contribution in [0.15, 0.2) is 17.1 Å². The molecule has 1 unspecified atom stereocenters. The summed E-state index contributed by atoms with van der Waals surface area (Å²) in [5.41, 5.74) is 0. The van der Waals surface area contributed by atoms with Gasteiger partial charge in [0, 0.05) is 12.5 Å². The predicted octanol–water partition coefficient (Wildman–Crippen LogP) is -0.321. The molecule has 0 saturated heterocycles. The average Bonchev–Trinajstić information content (AvgIpc) is 2.70. The van der Waals surface area contributed by atoms with Crippen LogP contribution in [0.3, 0.4) is 0 Å². The first-order valence-electron chi connectivity index (χ1n) is 5.29. The number of aliphatic imine (C=N–C) groups is 1. The molecule has 8 nitrogen and oxygen atoms in total. The molecular weight excluding hydrogens is 314 g/mol. The van der Waals surface area contributed by atoms with Crippen molar-refractivity contribution < 1.29 is 31.7 Å². The van der Waals surface area contributed by atoms with E-state index in [9.17, 15) is 17.4 Å². The van der Waals surface area contributed by atoms with Gasteiger partial charge in [-0.3, -0.25) is 19.0 Å². The summed E-state index contributed by atoms with van der Waals surface area (Å²) in [6.45, 7) is -0.0878. The Morgan fingerprint density at radius 1 is 1.60 bits per heavy atom. The van der Waals surface area contributed by atoms with Crippen LogP contribution in [-0.2, 0) is 14.7 Å². The second kappa shape index (κ2) is 4.65. The molecule has 0 saturated carbocycles. The average molecular weight is 324 g/mol. The van der Waals surface area contributed by atoms with Crippen molar-refractivity contribution in [3.63, 3.8) is 0 Å². The molecule has 11 heteroatoms. The summed E-state index contributed by atoms with van der Waals surface area (Å²) in [4.78, 5) is 23.0. The lowest BCUT2D eigenvalue weighted by atomic mass is 10.2. The first-order valence-corrected chi connectivity index (χ1v) is 8.34. The molecule has 3 N–H and O–H groups in total. The molecule has 2 heterocycles. The largest absolute Gasteiger partial charge is 0.380 e. The molecule has 0 fully saturated rings. The summed E-state index contributed by atoms with van der Waals surface area (Å²) in [5, 5.41) is 0. The highest BCUT2D eigenvalue weighted by atomic mass is 32.2. The highest BCUT2D eigenvalue weighted by Gasteiger charge is 2.60. The third-order valence-corrected chi connectivity index (χ3v) is 6.31. The van der Waals surface area contributed by atoms with Crippen molar-refractivity contribution in [1.29, 1.82) is 0 Å². The van der Waals surface area contributed by atoms with Crippen LogP contribution in [0.25, 0.3) is 0 Å². The number of nitrogens with zero attached hydrogens (tertiary/aromatic N) is 2. The number of amidine groups is 1. The molecule has 0 amide bonds. The summed E-state index contributed by atoms with van der Waals surface area (Å²) < 4.78 is 52.2. The maximum absolute atomic E-state index is 14.3. The highest BCUT2D eigenvalue weighted by molar-refractivity contribution is 7.94. The lowest BCUT2D eigenvalue weighted by molar-refractivity contribution is 0.219. The molecule has 0 aliphatic carbocycles. The van der Waals surface area contributed by atoms with Gasteiger partial charge in [0.25, 0.3) is 0 Å². The summed E-state index contributed by atoms with van der Waals surface area (Å²) in [6, 6.07) is 1.53. The minimum absolute atomic E-state index is 0.0878. The topological polar surface area (TPSA) is 127 Å². The molecular formula is C9H10FN2O6PS. The van der Waals surface area contributed by atoms with Gasteiger partial charge in [-0.1, -0.05) is 5.92 Å². The van der Waals surface area contributed by atoms with Crippen molar-refractivity contribution >= 4 is 23.5 Å². The number of hydrogen-bond acceptors (Lipinski definition) is 5. The Labute approximate surface area is 113 Å². The summed E-state index contributed by atoms with van der Waals surface area (Å²) >= 11 is 0. The lowest BCUT2D eigenvalue weighted by Gasteiger charge is -2.29. The minimum Gasteiger partial charge on any atom is -0.321 e. The van der Waals surface area contributed by atoms with E-state index in [4.69, 9.17) is 14.3 Å². The number of rotatable bonds is 4. The Morgan fingerprint density at radius 2 is 2.25 bits per heavy atom. The van der Waals surface area contributed by atoms with Gasteiger partial charge in [-0.2, -0.15) is 8.42 Å². The zero-order valence-electron chi connectivity index (χ0n) is 9.84. The molecule has 0 bridgehead atoms. The van der Waals surface area contributed by atoms with Crippen LogP contribution < -0.4 is 0 Å². The number of hydrogen-bond donors (Lipinski definition) is 3. The third-order valence-electron chi connectivity index (χ3n) is 2.89. The number of halogens is 1. The molecule has 0 aromatic carbocycles. The van der Waals surface area contributed by atoms with Gasteiger partial charge in [-0.15, -0.1) is 0 Å². The molecule has 110 valence electrons. The molecule has 0 radical (unpaired) electrons. The van der Waals surface area contributed by atoms with Gasteiger partial charge in [-0.05, 0) is 12.2 Å². The molecule has 20 heavy (non-hydrogen) atoms. The monoisotopic (exact) mass is 324 g/mol. The van der Waals surface area contributed by atoms with E-state index in [1.165, 1.54) is 17.1 Å². The minimum atomic E-state index is -5.76. The van der Waals surface area contributed by atoms with Gasteiger partial charge < -0.3 is 9.79 Å². The highest BCUT2D eigenvalue weighted by Crippen LogP contribution is 2.57. The Balaban J connectivity index is 2.32. The fraction of sp³-hybridized carbons (Fsp3) is 0.444. The predicted molar refractivity (Wildman–Crippen MR) is 66.9 cm³/mol. The molecule has 0 spiro atoms. The van der Waals surface area contributed by atoms with Crippen molar-refractivity contribution in [2.24, 2.45) is 4.99 Å². The normalized spacial score (nSPS) is 24.5. The Hall–Kier alpha value is -1.24. The summed E-state index contributed by atoms with van der Waals surface area (Å²) in [5.74, 6) is 2.88. The standard InChI is InChI=1S/C9H10FN2O6PS/c10-9(19(13,14)15,20(16,17)18)5-7-6-11-8-3-1-2-4-12(7)8/h1,3,7H,5-6H2,(H2,13,14,15)(H,16,17,18)/t7-,9?/m0/s1. The van der Waals surface area contributed by atoms with Crippen molar-refractivity contribution in [2.75, 3.05) is 6.54 Å². The maximum atomic E-state index is 14.3.